The summed E-state index contributed by atoms with van der Waals surface area (Å²) in [5.41, 5.74) is 2.46. The van der Waals surface area contributed by atoms with E-state index in [4.69, 9.17) is 11.3 Å². The maximum Gasteiger partial charge on any atom is 0.326 e. The molecular formula is C34H41N3O6. The molecule has 3 fully saturated rings. The largest absolute Gasteiger partial charge is 0.508 e. The fraction of sp³-hybridized carbons (Fsp3) is 0.559. The summed E-state index contributed by atoms with van der Waals surface area (Å²) in [6, 6.07) is 3.68. The lowest BCUT2D eigenvalue weighted by Gasteiger charge is -2.58. The summed E-state index contributed by atoms with van der Waals surface area (Å²) in [6.45, 7) is 4.22. The number of allylic oxidation sites excluding steroid dienone is 2. The summed E-state index contributed by atoms with van der Waals surface area (Å²) in [5, 5.41) is 38.2. The molecule has 0 bridgehead atoms. The van der Waals surface area contributed by atoms with Crippen molar-refractivity contribution in [1.29, 1.82) is 0 Å². The van der Waals surface area contributed by atoms with E-state index in [1.807, 2.05) is 0 Å². The van der Waals surface area contributed by atoms with Crippen LogP contribution in [0.1, 0.15) is 70.8 Å². The lowest BCUT2D eigenvalue weighted by molar-refractivity contribution is -0.142. The number of hydrogen-bond donors (Lipinski definition) is 5. The molecule has 3 saturated carbocycles. The van der Waals surface area contributed by atoms with Crippen LogP contribution < -0.4 is 5.32 Å². The van der Waals surface area contributed by atoms with E-state index in [9.17, 15) is 24.9 Å². The molecule has 9 nitrogen and oxygen atoms in total. The van der Waals surface area contributed by atoms with Crippen LogP contribution in [0.4, 0.5) is 0 Å². The zero-order valence-electron chi connectivity index (χ0n) is 24.9. The van der Waals surface area contributed by atoms with Gasteiger partial charge in [-0.05, 0) is 98.3 Å². The minimum atomic E-state index is -1.15. The molecule has 4 aliphatic carbocycles. The Labute approximate surface area is 251 Å². The molecule has 6 rings (SSSR count). The van der Waals surface area contributed by atoms with Gasteiger partial charge in [-0.25, -0.2) is 4.79 Å². The molecule has 0 aliphatic heterocycles. The summed E-state index contributed by atoms with van der Waals surface area (Å²) >= 11 is 0. The molecule has 7 atom stereocenters. The third-order valence-electron chi connectivity index (χ3n) is 11.6. The van der Waals surface area contributed by atoms with Gasteiger partial charge in [0.2, 0.25) is 0 Å². The number of fused-ring (bicyclic) bond motifs is 6. The number of benzene rings is 1. The second kappa shape index (κ2) is 10.7. The number of phenolic OH excluding ortho intramolecular Hbond substituents is 1. The van der Waals surface area contributed by atoms with Gasteiger partial charge in [0.1, 0.15) is 17.4 Å². The van der Waals surface area contributed by atoms with Crippen molar-refractivity contribution in [2.24, 2.45) is 33.7 Å². The first-order valence-corrected chi connectivity index (χ1v) is 15.4. The van der Waals surface area contributed by atoms with Gasteiger partial charge in [0.15, 0.2) is 6.61 Å². The van der Waals surface area contributed by atoms with Crippen LogP contribution in [0.5, 0.6) is 5.75 Å². The highest BCUT2D eigenvalue weighted by molar-refractivity contribution is 5.96. The SMILES string of the molecule is C#C[C@]1(O)CC[C@H]2[C@@H]3CCC4=C/C(=N\OCC(=O)N[C@H](Cc5c[nH]c6cc(O)ccc56)C(=O)O)CC[C@]4(C)[C@H]3CC[C@@]21C. The highest BCUT2D eigenvalue weighted by atomic mass is 16.6. The van der Waals surface area contributed by atoms with Crippen molar-refractivity contribution in [1.82, 2.24) is 10.3 Å². The van der Waals surface area contributed by atoms with Gasteiger partial charge in [0.05, 0.1) is 5.71 Å². The van der Waals surface area contributed by atoms with E-state index in [0.717, 1.165) is 61.6 Å². The number of aliphatic carboxylic acids is 1. The maximum absolute atomic E-state index is 12.6. The second-order valence-electron chi connectivity index (χ2n) is 13.6. The Hall–Kier alpha value is -3.77. The number of oxime groups is 1. The molecule has 2 aromatic rings. The van der Waals surface area contributed by atoms with E-state index < -0.39 is 23.5 Å². The Morgan fingerprint density at radius 1 is 1.19 bits per heavy atom. The number of nitrogens with zero attached hydrogens (tertiary/aromatic N) is 1. The van der Waals surface area contributed by atoms with Crippen molar-refractivity contribution in [2.45, 2.75) is 83.3 Å². The zero-order chi connectivity index (χ0) is 30.6. The topological polar surface area (TPSA) is 144 Å². The Morgan fingerprint density at radius 3 is 2.74 bits per heavy atom. The number of terminal acetylenes is 1. The van der Waals surface area contributed by atoms with E-state index in [-0.39, 0.29) is 29.6 Å². The molecule has 43 heavy (non-hydrogen) atoms. The molecule has 1 aromatic carbocycles. The molecule has 0 radical (unpaired) electrons. The maximum atomic E-state index is 12.6. The second-order valence-corrected chi connectivity index (χ2v) is 13.6. The van der Waals surface area contributed by atoms with Crippen molar-refractivity contribution in [3.05, 3.63) is 41.6 Å². The van der Waals surface area contributed by atoms with E-state index in [0.29, 0.717) is 29.7 Å². The third kappa shape index (κ3) is 4.90. The number of phenols is 1. The highest BCUT2D eigenvalue weighted by Crippen LogP contribution is 2.67. The number of carbonyl (C=O) groups excluding carboxylic acids is 1. The van der Waals surface area contributed by atoms with Gasteiger partial charge in [-0.15, -0.1) is 6.42 Å². The molecule has 228 valence electrons. The van der Waals surface area contributed by atoms with Crippen LogP contribution in [-0.4, -0.2) is 56.1 Å². The molecule has 1 heterocycles. The smallest absolute Gasteiger partial charge is 0.326 e. The number of hydrogen-bond acceptors (Lipinski definition) is 6. The van der Waals surface area contributed by atoms with Gasteiger partial charge in [-0.2, -0.15) is 0 Å². The average Bonchev–Trinajstić information content (AvgIpc) is 3.49. The van der Waals surface area contributed by atoms with Crippen LogP contribution >= 0.6 is 0 Å². The predicted molar refractivity (Wildman–Crippen MR) is 162 cm³/mol. The van der Waals surface area contributed by atoms with Crippen LogP contribution in [0, 0.1) is 40.9 Å². The molecule has 0 spiro atoms. The van der Waals surface area contributed by atoms with E-state index in [2.05, 4.69) is 41.3 Å². The van der Waals surface area contributed by atoms with E-state index in [1.54, 1.807) is 18.3 Å². The van der Waals surface area contributed by atoms with Gasteiger partial charge < -0.3 is 30.5 Å². The molecule has 5 N–H and O–H groups in total. The van der Waals surface area contributed by atoms with Gasteiger partial charge in [-0.1, -0.05) is 30.5 Å². The fourth-order valence-corrected chi connectivity index (χ4v) is 9.07. The number of nitrogens with one attached hydrogen (secondary N) is 2. The molecule has 0 unspecified atom stereocenters. The monoisotopic (exact) mass is 587 g/mol. The van der Waals surface area contributed by atoms with E-state index >= 15 is 0 Å². The fourth-order valence-electron chi connectivity index (χ4n) is 9.07. The number of carboxylic acid groups (broad SMARTS) is 1. The van der Waals surface area contributed by atoms with Crippen LogP contribution in [0.2, 0.25) is 0 Å². The molecule has 1 aromatic heterocycles. The number of amides is 1. The summed E-state index contributed by atoms with van der Waals surface area (Å²) in [5.74, 6) is 2.71. The normalized spacial score (nSPS) is 34.8. The molecule has 0 saturated heterocycles. The van der Waals surface area contributed by atoms with Crippen molar-refractivity contribution in [2.75, 3.05) is 6.61 Å². The molecule has 4 aliphatic rings. The van der Waals surface area contributed by atoms with Crippen LogP contribution in [-0.2, 0) is 20.8 Å². The minimum absolute atomic E-state index is 0.0767. The van der Waals surface area contributed by atoms with Crippen LogP contribution in [0.15, 0.2) is 41.2 Å². The number of rotatable bonds is 7. The predicted octanol–water partition coefficient (Wildman–Crippen LogP) is 4.69. The lowest BCUT2D eigenvalue weighted by Crippen LogP contribution is -2.54. The number of aromatic amines is 1. The number of aliphatic hydroxyl groups is 1. The number of aromatic nitrogens is 1. The van der Waals surface area contributed by atoms with Gasteiger partial charge in [0, 0.05) is 35.0 Å². The Morgan fingerprint density at radius 2 is 1.98 bits per heavy atom. The molecular weight excluding hydrogens is 546 g/mol. The first-order valence-electron chi connectivity index (χ1n) is 15.4. The molecule has 9 heteroatoms. The summed E-state index contributed by atoms with van der Waals surface area (Å²) in [6.07, 6.45) is 17.2. The number of carboxylic acids is 1. The highest BCUT2D eigenvalue weighted by Gasteiger charge is 2.63. The summed E-state index contributed by atoms with van der Waals surface area (Å²) < 4.78 is 0. The summed E-state index contributed by atoms with van der Waals surface area (Å²) in [4.78, 5) is 32.9. The van der Waals surface area contributed by atoms with Crippen molar-refractivity contribution in [3.63, 3.8) is 0 Å². The Kier molecular flexibility index (Phi) is 7.32. The van der Waals surface area contributed by atoms with Gasteiger partial charge in [-0.3, -0.25) is 4.79 Å². The first kappa shape index (κ1) is 29.3. The van der Waals surface area contributed by atoms with Crippen molar-refractivity contribution in [3.8, 4) is 18.1 Å². The Bertz CT molecular complexity index is 1550. The molecule has 1 amide bonds. The van der Waals surface area contributed by atoms with Crippen LogP contribution in [0.3, 0.4) is 0 Å². The first-order chi connectivity index (χ1) is 20.5. The van der Waals surface area contributed by atoms with Gasteiger partial charge >= 0.3 is 5.97 Å². The quantitative estimate of drug-likeness (QED) is 0.235. The standard InChI is InChI=1S/C34H41N3O6/c1-4-34(42)14-11-27-25-7-5-21-16-22(9-12-32(21,2)26(25)10-13-33(27,34)3)37-43-19-30(39)36-29(31(40)41)15-20-18-35-28-17-23(38)6-8-24(20)28/h1,6,8,16-18,25-27,29,35,38,42H,5,7,9-15,19H2,2-3H3,(H,36,39)(H,40,41)/b37-22-/t25-,26+,27+,29-,32+,33+,34+/m1/s1. The average molecular weight is 588 g/mol. The number of aromatic hydroxyl groups is 1. The zero-order valence-corrected chi connectivity index (χ0v) is 24.9. The number of carbonyl (C=O) groups is 2. The number of H-pyrrole nitrogens is 1. The minimum Gasteiger partial charge on any atom is -0.508 e. The summed E-state index contributed by atoms with van der Waals surface area (Å²) in [7, 11) is 0. The van der Waals surface area contributed by atoms with Crippen molar-refractivity contribution < 1.29 is 29.7 Å². The lowest BCUT2D eigenvalue weighted by atomic mass is 9.46. The van der Waals surface area contributed by atoms with Gasteiger partial charge in [0.25, 0.3) is 5.91 Å². The van der Waals surface area contributed by atoms with E-state index in [1.165, 1.54) is 11.6 Å². The van der Waals surface area contributed by atoms with Crippen molar-refractivity contribution >= 4 is 28.5 Å². The Balaban J connectivity index is 1.07. The third-order valence-corrected chi connectivity index (χ3v) is 11.6. The van der Waals surface area contributed by atoms with Crippen LogP contribution in [0.25, 0.3) is 10.9 Å².